The zero-order valence-electron chi connectivity index (χ0n) is 20.3. The summed E-state index contributed by atoms with van der Waals surface area (Å²) < 4.78 is 22.4. The summed E-state index contributed by atoms with van der Waals surface area (Å²) in [5.41, 5.74) is 2.09. The van der Waals surface area contributed by atoms with Crippen molar-refractivity contribution >= 4 is 35.0 Å². The number of benzene rings is 2. The highest BCUT2D eigenvalue weighted by molar-refractivity contribution is 8.15. The zero-order chi connectivity index (χ0) is 26.4. The Morgan fingerprint density at radius 1 is 1.19 bits per heavy atom. The molecule has 0 bridgehead atoms. The van der Waals surface area contributed by atoms with Gasteiger partial charge in [-0.3, -0.25) is 9.59 Å². The first-order chi connectivity index (χ1) is 17.9. The number of amidine groups is 1. The average Bonchev–Trinajstić information content (AvgIpc) is 3.43. The van der Waals surface area contributed by atoms with Crippen molar-refractivity contribution < 1.29 is 33.3 Å². The molecule has 2 aromatic carbocycles. The van der Waals surface area contributed by atoms with E-state index in [0.717, 1.165) is 17.3 Å². The molecule has 37 heavy (non-hydrogen) atoms. The normalized spacial score (nSPS) is 16.2. The molecule has 0 aliphatic carbocycles. The summed E-state index contributed by atoms with van der Waals surface area (Å²) in [5.74, 6) is 1.51. The maximum atomic E-state index is 11.7. The highest BCUT2D eigenvalue weighted by atomic mass is 32.2. The third-order valence-corrected chi connectivity index (χ3v) is 6.35. The first-order valence-corrected chi connectivity index (χ1v) is 12.0. The number of aryl methyl sites for hydroxylation is 1. The van der Waals surface area contributed by atoms with Gasteiger partial charge in [-0.15, -0.1) is 5.10 Å². The third kappa shape index (κ3) is 6.47. The largest absolute Gasteiger partial charge is 0.497 e. The summed E-state index contributed by atoms with van der Waals surface area (Å²) in [6.07, 6.45) is 1.24. The van der Waals surface area contributed by atoms with Crippen molar-refractivity contribution in [2.24, 2.45) is 10.2 Å². The van der Waals surface area contributed by atoms with Gasteiger partial charge in [0, 0.05) is 0 Å². The summed E-state index contributed by atoms with van der Waals surface area (Å²) in [6.45, 7) is 2.02. The number of ether oxygens (including phenoxy) is 3. The Morgan fingerprint density at radius 2 is 1.95 bits per heavy atom. The van der Waals surface area contributed by atoms with Gasteiger partial charge in [0.2, 0.25) is 11.8 Å². The number of nitrogens with one attached hydrogen (secondary N) is 1. The number of carbonyl (C=O) groups is 2. The molecule has 1 saturated heterocycles. The average molecular weight is 525 g/mol. The number of amides is 1. The Kier molecular flexibility index (Phi) is 8.08. The van der Waals surface area contributed by atoms with Crippen LogP contribution in [0.25, 0.3) is 11.5 Å². The van der Waals surface area contributed by atoms with Crippen LogP contribution in [0, 0.1) is 6.92 Å². The van der Waals surface area contributed by atoms with Crippen LogP contribution in [0.2, 0.25) is 0 Å². The topological polar surface area (TPSA) is 145 Å². The summed E-state index contributed by atoms with van der Waals surface area (Å²) in [6, 6.07) is 12.6. The fraction of sp³-hybridized carbons (Fsp3) is 0.240. The molecule has 1 aliphatic heterocycles. The van der Waals surface area contributed by atoms with Crippen LogP contribution < -0.4 is 19.5 Å². The molecule has 1 amide bonds. The fourth-order valence-corrected chi connectivity index (χ4v) is 4.27. The number of oxazole rings is 1. The molecule has 1 unspecified atom stereocenters. The number of hydrogen-bond donors (Lipinski definition) is 2. The summed E-state index contributed by atoms with van der Waals surface area (Å²) in [4.78, 5) is 27.1. The first-order valence-electron chi connectivity index (χ1n) is 11.1. The van der Waals surface area contributed by atoms with Crippen molar-refractivity contribution in [3.05, 3.63) is 59.5 Å². The molecule has 12 heteroatoms. The lowest BCUT2D eigenvalue weighted by Crippen LogP contribution is -2.26. The SMILES string of the molecule is COc1ccc(OC)c(-c2nc(COc3ccc(C=NN=C4NC(=O)C(CC(=O)O)S4)cc3)c(C)o2)c1. The first kappa shape index (κ1) is 25.8. The van der Waals surface area contributed by atoms with E-state index in [2.05, 4.69) is 20.5 Å². The van der Waals surface area contributed by atoms with Gasteiger partial charge in [-0.1, -0.05) is 11.8 Å². The van der Waals surface area contributed by atoms with Crippen molar-refractivity contribution in [1.29, 1.82) is 0 Å². The second-order valence-corrected chi connectivity index (χ2v) is 8.98. The monoisotopic (exact) mass is 524 g/mol. The van der Waals surface area contributed by atoms with Gasteiger partial charge >= 0.3 is 5.97 Å². The van der Waals surface area contributed by atoms with Gasteiger partial charge in [-0.25, -0.2) is 4.98 Å². The van der Waals surface area contributed by atoms with E-state index in [9.17, 15) is 9.59 Å². The number of carboxylic acids is 1. The standard InChI is InChI=1S/C25H24N4O7S/c1-14-19(27-24(36-14)18-10-17(33-2)8-9-20(18)34-3)13-35-16-6-4-15(5-7-16)12-26-29-25-28-23(32)21(37-25)11-22(30)31/h4-10,12,21H,11,13H2,1-3H3,(H,30,31)(H,28,29,32). The minimum absolute atomic E-state index is 0.205. The minimum Gasteiger partial charge on any atom is -0.497 e. The predicted molar refractivity (Wildman–Crippen MR) is 137 cm³/mol. The van der Waals surface area contributed by atoms with Crippen LogP contribution in [0.15, 0.2) is 57.1 Å². The fourth-order valence-electron chi connectivity index (χ4n) is 3.35. The predicted octanol–water partition coefficient (Wildman–Crippen LogP) is 3.64. The van der Waals surface area contributed by atoms with E-state index >= 15 is 0 Å². The lowest BCUT2D eigenvalue weighted by Gasteiger charge is -2.07. The van der Waals surface area contributed by atoms with Gasteiger partial charge in [-0.2, -0.15) is 5.10 Å². The smallest absolute Gasteiger partial charge is 0.305 e. The summed E-state index contributed by atoms with van der Waals surface area (Å²) in [5, 5.41) is 18.8. The molecule has 1 aromatic heterocycles. The molecule has 0 saturated carbocycles. The van der Waals surface area contributed by atoms with E-state index in [1.165, 1.54) is 6.21 Å². The minimum atomic E-state index is -1.05. The Bertz CT molecular complexity index is 1350. The Labute approximate surface area is 216 Å². The lowest BCUT2D eigenvalue weighted by molar-refractivity contribution is -0.138. The third-order valence-electron chi connectivity index (χ3n) is 5.28. The van der Waals surface area contributed by atoms with Crippen LogP contribution in [0.4, 0.5) is 0 Å². The van der Waals surface area contributed by atoms with E-state index in [1.54, 1.807) is 56.7 Å². The number of nitrogens with zero attached hydrogens (tertiary/aromatic N) is 3. The number of rotatable bonds is 10. The van der Waals surface area contributed by atoms with E-state index in [1.807, 2.05) is 6.92 Å². The van der Waals surface area contributed by atoms with Crippen molar-refractivity contribution in [3.8, 4) is 28.7 Å². The quantitative estimate of drug-likeness (QED) is 0.300. The number of aromatic nitrogens is 1. The number of methoxy groups -OCH3 is 2. The van der Waals surface area contributed by atoms with Crippen LogP contribution in [0.3, 0.4) is 0 Å². The molecule has 3 aromatic rings. The van der Waals surface area contributed by atoms with Crippen molar-refractivity contribution in [1.82, 2.24) is 10.3 Å². The van der Waals surface area contributed by atoms with Crippen molar-refractivity contribution in [2.75, 3.05) is 14.2 Å². The van der Waals surface area contributed by atoms with Crippen molar-refractivity contribution in [2.45, 2.75) is 25.2 Å². The molecular formula is C25H24N4O7S. The Balaban J connectivity index is 1.36. The van der Waals surface area contributed by atoms with Crippen LogP contribution in [0.1, 0.15) is 23.4 Å². The van der Waals surface area contributed by atoms with Crippen LogP contribution in [0.5, 0.6) is 17.2 Å². The van der Waals surface area contributed by atoms with Gasteiger partial charge < -0.3 is 29.1 Å². The van der Waals surface area contributed by atoms with Gasteiger partial charge in [0.15, 0.2) is 5.17 Å². The van der Waals surface area contributed by atoms with Crippen molar-refractivity contribution in [3.63, 3.8) is 0 Å². The number of hydrogen-bond acceptors (Lipinski definition) is 10. The van der Waals surface area contributed by atoms with Crippen LogP contribution in [-0.2, 0) is 16.2 Å². The molecule has 0 spiro atoms. The number of aliphatic carboxylic acids is 1. The van der Waals surface area contributed by atoms with Crippen LogP contribution in [-0.4, -0.2) is 52.8 Å². The molecule has 192 valence electrons. The number of carboxylic acid groups (broad SMARTS) is 1. The number of carbonyl (C=O) groups excluding carboxylic acids is 1. The maximum Gasteiger partial charge on any atom is 0.305 e. The lowest BCUT2D eigenvalue weighted by atomic mass is 10.2. The second kappa shape index (κ2) is 11.6. The molecule has 11 nitrogen and oxygen atoms in total. The van der Waals surface area contributed by atoms with Gasteiger partial charge in [-0.05, 0) is 55.0 Å². The summed E-state index contributed by atoms with van der Waals surface area (Å²) in [7, 11) is 3.17. The molecule has 1 fully saturated rings. The van der Waals surface area contributed by atoms with Crippen LogP contribution >= 0.6 is 11.8 Å². The molecule has 2 heterocycles. The maximum absolute atomic E-state index is 11.7. The highest BCUT2D eigenvalue weighted by Gasteiger charge is 2.32. The molecule has 0 radical (unpaired) electrons. The summed E-state index contributed by atoms with van der Waals surface area (Å²) >= 11 is 1.04. The zero-order valence-corrected chi connectivity index (χ0v) is 21.1. The molecule has 1 atom stereocenters. The van der Waals surface area contributed by atoms with Gasteiger partial charge in [0.05, 0.1) is 32.4 Å². The molecule has 2 N–H and O–H groups in total. The van der Waals surface area contributed by atoms with E-state index < -0.39 is 11.2 Å². The Morgan fingerprint density at radius 3 is 2.65 bits per heavy atom. The van der Waals surface area contributed by atoms with Gasteiger partial charge in [0.25, 0.3) is 0 Å². The Hall–Kier alpha value is -4.32. The highest BCUT2D eigenvalue weighted by Crippen LogP contribution is 2.34. The molecule has 1 aliphatic rings. The number of thioether (sulfide) groups is 1. The van der Waals surface area contributed by atoms with Gasteiger partial charge in [0.1, 0.15) is 40.6 Å². The molecule has 4 rings (SSSR count). The molecular weight excluding hydrogens is 500 g/mol. The van der Waals surface area contributed by atoms with E-state index in [0.29, 0.717) is 40.2 Å². The van der Waals surface area contributed by atoms with E-state index in [-0.39, 0.29) is 24.1 Å². The second-order valence-electron chi connectivity index (χ2n) is 7.79. The van der Waals surface area contributed by atoms with E-state index in [4.69, 9.17) is 23.7 Å².